The van der Waals surface area contributed by atoms with Gasteiger partial charge in [-0.3, -0.25) is 4.79 Å². The number of nitrogens with zero attached hydrogens (tertiary/aromatic N) is 1. The van der Waals surface area contributed by atoms with Gasteiger partial charge in [-0.25, -0.2) is 4.79 Å². The van der Waals surface area contributed by atoms with Gasteiger partial charge in [0.05, 0.1) is 24.8 Å². The standard InChI is InChI=1S/C19H24N2O5/c1-4-24-15-9-6-13(10-16(15)25-5-2)18(23)26-11-17(22)21-19(3,12-20)14-7-8-14/h6,9-10,14H,4-5,7-8,11H2,1-3H3,(H,21,22)/t19-/m1/s1. The summed E-state index contributed by atoms with van der Waals surface area (Å²) in [5.74, 6) is 0.00317. The quantitative estimate of drug-likeness (QED) is 0.679. The van der Waals surface area contributed by atoms with Crippen molar-refractivity contribution in [3.63, 3.8) is 0 Å². The van der Waals surface area contributed by atoms with Crippen molar-refractivity contribution in [1.82, 2.24) is 5.32 Å². The van der Waals surface area contributed by atoms with E-state index in [9.17, 15) is 14.9 Å². The summed E-state index contributed by atoms with van der Waals surface area (Å²) in [5.41, 5.74) is -0.653. The van der Waals surface area contributed by atoms with Crippen LogP contribution in [0.5, 0.6) is 11.5 Å². The Kier molecular flexibility index (Phi) is 6.45. The largest absolute Gasteiger partial charge is 0.490 e. The number of ether oxygens (including phenoxy) is 3. The summed E-state index contributed by atoms with van der Waals surface area (Å²) in [6.45, 7) is 5.83. The lowest BCUT2D eigenvalue weighted by atomic mass is 9.98. The zero-order chi connectivity index (χ0) is 19.2. The van der Waals surface area contributed by atoms with Gasteiger partial charge in [0.1, 0.15) is 5.54 Å². The number of esters is 1. The SMILES string of the molecule is CCOc1ccc(C(=O)OCC(=O)N[C@](C)(C#N)C2CC2)cc1OCC. The molecule has 2 rings (SSSR count). The van der Waals surface area contributed by atoms with E-state index in [1.165, 1.54) is 6.07 Å². The molecule has 1 aliphatic carbocycles. The highest BCUT2D eigenvalue weighted by Crippen LogP contribution is 2.39. The van der Waals surface area contributed by atoms with Crippen LogP contribution < -0.4 is 14.8 Å². The third-order valence-corrected chi connectivity index (χ3v) is 4.14. The molecule has 1 aromatic rings. The maximum absolute atomic E-state index is 12.2. The van der Waals surface area contributed by atoms with Gasteiger partial charge in [0.15, 0.2) is 18.1 Å². The smallest absolute Gasteiger partial charge is 0.338 e. The first-order valence-electron chi connectivity index (χ1n) is 8.72. The van der Waals surface area contributed by atoms with Gasteiger partial charge in [-0.1, -0.05) is 0 Å². The molecule has 7 heteroatoms. The fraction of sp³-hybridized carbons (Fsp3) is 0.526. The van der Waals surface area contributed by atoms with Crippen molar-refractivity contribution < 1.29 is 23.8 Å². The highest BCUT2D eigenvalue weighted by molar-refractivity contribution is 5.92. The molecule has 0 saturated heterocycles. The number of carbonyl (C=O) groups excluding carboxylic acids is 2. The first kappa shape index (κ1) is 19.6. The third-order valence-electron chi connectivity index (χ3n) is 4.14. The van der Waals surface area contributed by atoms with E-state index in [-0.39, 0.29) is 11.5 Å². The Morgan fingerprint density at radius 3 is 2.46 bits per heavy atom. The predicted molar refractivity (Wildman–Crippen MR) is 93.9 cm³/mol. The van der Waals surface area contributed by atoms with Gasteiger partial charge in [-0.15, -0.1) is 0 Å². The van der Waals surface area contributed by atoms with Crippen molar-refractivity contribution in [2.45, 2.75) is 39.2 Å². The molecule has 1 aliphatic rings. The van der Waals surface area contributed by atoms with Crippen LogP contribution in [0.25, 0.3) is 0 Å². The fourth-order valence-electron chi connectivity index (χ4n) is 2.60. The Morgan fingerprint density at radius 2 is 1.88 bits per heavy atom. The summed E-state index contributed by atoms with van der Waals surface area (Å²) in [6.07, 6.45) is 1.83. The maximum atomic E-state index is 12.2. The number of hydrogen-bond donors (Lipinski definition) is 1. The lowest BCUT2D eigenvalue weighted by Crippen LogP contribution is -2.48. The van der Waals surface area contributed by atoms with E-state index in [1.807, 2.05) is 13.8 Å². The number of rotatable bonds is 9. The Morgan fingerprint density at radius 1 is 1.23 bits per heavy atom. The van der Waals surface area contributed by atoms with Crippen LogP contribution >= 0.6 is 0 Å². The fourth-order valence-corrected chi connectivity index (χ4v) is 2.60. The minimum atomic E-state index is -0.912. The second kappa shape index (κ2) is 8.56. The van der Waals surface area contributed by atoms with E-state index in [0.29, 0.717) is 24.7 Å². The van der Waals surface area contributed by atoms with Gasteiger partial charge in [0.2, 0.25) is 0 Å². The van der Waals surface area contributed by atoms with E-state index >= 15 is 0 Å². The van der Waals surface area contributed by atoms with Crippen molar-refractivity contribution in [1.29, 1.82) is 5.26 Å². The first-order valence-corrected chi connectivity index (χ1v) is 8.72. The van der Waals surface area contributed by atoms with Crippen molar-refractivity contribution in [2.75, 3.05) is 19.8 Å². The molecule has 0 aliphatic heterocycles. The molecule has 0 unspecified atom stereocenters. The zero-order valence-corrected chi connectivity index (χ0v) is 15.3. The van der Waals surface area contributed by atoms with Gasteiger partial charge < -0.3 is 19.5 Å². The van der Waals surface area contributed by atoms with Crippen LogP contribution in [0.2, 0.25) is 0 Å². The van der Waals surface area contributed by atoms with E-state index in [2.05, 4.69) is 11.4 Å². The molecule has 140 valence electrons. The van der Waals surface area contributed by atoms with Crippen LogP contribution in [0.4, 0.5) is 0 Å². The molecule has 1 atom stereocenters. The predicted octanol–water partition coefficient (Wildman–Crippen LogP) is 2.45. The van der Waals surface area contributed by atoms with Gasteiger partial charge >= 0.3 is 5.97 Å². The molecule has 0 heterocycles. The highest BCUT2D eigenvalue weighted by Gasteiger charge is 2.43. The third kappa shape index (κ3) is 4.88. The number of nitriles is 1. The van der Waals surface area contributed by atoms with E-state index in [1.54, 1.807) is 19.1 Å². The molecule has 1 fully saturated rings. The maximum Gasteiger partial charge on any atom is 0.338 e. The molecule has 0 radical (unpaired) electrons. The molecule has 1 N–H and O–H groups in total. The monoisotopic (exact) mass is 360 g/mol. The Bertz CT molecular complexity index is 708. The normalized spacial score (nSPS) is 15.3. The van der Waals surface area contributed by atoms with Crippen LogP contribution in [0.1, 0.15) is 44.0 Å². The zero-order valence-electron chi connectivity index (χ0n) is 15.3. The summed E-state index contributed by atoms with van der Waals surface area (Å²) in [4.78, 5) is 24.2. The van der Waals surface area contributed by atoms with Crippen molar-refractivity contribution in [3.8, 4) is 17.6 Å². The minimum absolute atomic E-state index is 0.159. The number of hydrogen-bond acceptors (Lipinski definition) is 6. The van der Waals surface area contributed by atoms with E-state index in [4.69, 9.17) is 14.2 Å². The number of benzene rings is 1. The highest BCUT2D eigenvalue weighted by atomic mass is 16.5. The Labute approximate surface area is 153 Å². The van der Waals surface area contributed by atoms with Crippen LogP contribution in [-0.4, -0.2) is 37.2 Å². The Hall–Kier alpha value is -2.75. The summed E-state index contributed by atoms with van der Waals surface area (Å²) in [7, 11) is 0. The summed E-state index contributed by atoms with van der Waals surface area (Å²) < 4.78 is 16.0. The van der Waals surface area contributed by atoms with Gasteiger partial charge in [-0.2, -0.15) is 5.26 Å². The summed E-state index contributed by atoms with van der Waals surface area (Å²) in [6, 6.07) is 6.84. The molecule has 26 heavy (non-hydrogen) atoms. The van der Waals surface area contributed by atoms with Crippen molar-refractivity contribution >= 4 is 11.9 Å². The van der Waals surface area contributed by atoms with Crippen LogP contribution in [0.15, 0.2) is 18.2 Å². The summed E-state index contributed by atoms with van der Waals surface area (Å²) in [5, 5.41) is 11.9. The lowest BCUT2D eigenvalue weighted by Gasteiger charge is -2.22. The minimum Gasteiger partial charge on any atom is -0.490 e. The van der Waals surface area contributed by atoms with Crippen molar-refractivity contribution in [2.24, 2.45) is 5.92 Å². The topological polar surface area (TPSA) is 97.6 Å². The molecular weight excluding hydrogens is 336 g/mol. The average Bonchev–Trinajstić information content (AvgIpc) is 3.47. The second-order valence-corrected chi connectivity index (χ2v) is 6.24. The van der Waals surface area contributed by atoms with Crippen LogP contribution in [-0.2, 0) is 9.53 Å². The molecule has 1 amide bonds. The molecular formula is C19H24N2O5. The number of nitrogens with one attached hydrogen (secondary N) is 1. The molecule has 1 aromatic carbocycles. The number of amides is 1. The molecule has 7 nitrogen and oxygen atoms in total. The second-order valence-electron chi connectivity index (χ2n) is 6.24. The van der Waals surface area contributed by atoms with Gasteiger partial charge in [0.25, 0.3) is 5.91 Å². The molecule has 0 aromatic heterocycles. The average molecular weight is 360 g/mol. The van der Waals surface area contributed by atoms with Crippen LogP contribution in [0.3, 0.4) is 0 Å². The molecule has 0 bridgehead atoms. The van der Waals surface area contributed by atoms with E-state index in [0.717, 1.165) is 12.8 Å². The first-order chi connectivity index (χ1) is 12.4. The van der Waals surface area contributed by atoms with Gasteiger partial charge in [0, 0.05) is 0 Å². The molecule has 0 spiro atoms. The van der Waals surface area contributed by atoms with Crippen molar-refractivity contribution in [3.05, 3.63) is 23.8 Å². The Balaban J connectivity index is 1.95. The summed E-state index contributed by atoms with van der Waals surface area (Å²) >= 11 is 0. The van der Waals surface area contributed by atoms with Gasteiger partial charge in [-0.05, 0) is 57.7 Å². The number of carbonyl (C=O) groups is 2. The van der Waals surface area contributed by atoms with E-state index < -0.39 is 24.0 Å². The lowest BCUT2D eigenvalue weighted by molar-refractivity contribution is -0.125. The molecule has 1 saturated carbocycles. The van der Waals surface area contributed by atoms with Crippen LogP contribution in [0, 0.1) is 17.2 Å².